The molecule has 0 aliphatic carbocycles. The summed E-state index contributed by atoms with van der Waals surface area (Å²) in [5, 5.41) is 13.2. The predicted octanol–water partition coefficient (Wildman–Crippen LogP) is 2.19. The van der Waals surface area contributed by atoms with E-state index in [4.69, 9.17) is 9.84 Å². The maximum absolute atomic E-state index is 12.4. The molecule has 1 heterocycles. The summed E-state index contributed by atoms with van der Waals surface area (Å²) in [5.41, 5.74) is -0.156. The zero-order valence-electron chi connectivity index (χ0n) is 14.0. The number of carbonyl (C=O) groups is 1. The third kappa shape index (κ3) is 3.98. The molecule has 2 aromatic carbocycles. The van der Waals surface area contributed by atoms with Gasteiger partial charge in [-0.15, -0.1) is 4.68 Å². The smallest absolute Gasteiger partial charge is 0.349 e. The number of nitrogens with one attached hydrogen (secondary N) is 1. The van der Waals surface area contributed by atoms with Crippen LogP contribution in [0.25, 0.3) is 10.9 Å². The molecule has 0 aliphatic rings. The van der Waals surface area contributed by atoms with Crippen LogP contribution in [0.1, 0.15) is 12.5 Å². The lowest BCUT2D eigenvalue weighted by Gasteiger charge is -2.12. The second kappa shape index (κ2) is 7.58. The summed E-state index contributed by atoms with van der Waals surface area (Å²) in [6.45, 7) is 1.42. The number of halogens is 1. The number of fused-ring (bicyclic) bond motifs is 1. The van der Waals surface area contributed by atoms with Crippen LogP contribution < -0.4 is 16.0 Å². The molecule has 2 N–H and O–H groups in total. The van der Waals surface area contributed by atoms with E-state index < -0.39 is 23.3 Å². The first-order valence-corrected chi connectivity index (χ1v) is 8.63. The highest BCUT2D eigenvalue weighted by molar-refractivity contribution is 9.10. The number of nitrogens with zero attached hydrogens (tertiary/aromatic N) is 2. The predicted molar refractivity (Wildman–Crippen MR) is 104 cm³/mol. The fourth-order valence-electron chi connectivity index (χ4n) is 2.32. The van der Waals surface area contributed by atoms with Crippen LogP contribution in [0.4, 0.5) is 0 Å². The molecule has 0 spiro atoms. The Balaban J connectivity index is 1.92. The minimum Gasteiger partial charge on any atom is -0.479 e. The van der Waals surface area contributed by atoms with Crippen LogP contribution in [-0.4, -0.2) is 33.1 Å². The van der Waals surface area contributed by atoms with Gasteiger partial charge >= 0.3 is 11.7 Å². The van der Waals surface area contributed by atoms with Crippen LogP contribution in [0.15, 0.2) is 61.6 Å². The van der Waals surface area contributed by atoms with Crippen molar-refractivity contribution in [2.75, 3.05) is 0 Å². The quantitative estimate of drug-likeness (QED) is 0.600. The molecular weight excluding hydrogens is 418 g/mol. The van der Waals surface area contributed by atoms with Crippen LogP contribution in [0, 0.1) is 0 Å². The normalized spacial score (nSPS) is 12.4. The molecule has 0 aliphatic heterocycles. The summed E-state index contributed by atoms with van der Waals surface area (Å²) < 4.78 is 6.57. The Bertz CT molecular complexity index is 1170. The highest BCUT2D eigenvalue weighted by Crippen LogP contribution is 2.26. The Morgan fingerprint density at radius 3 is 2.74 bits per heavy atom. The second-order valence-electron chi connectivity index (χ2n) is 5.63. The van der Waals surface area contributed by atoms with Gasteiger partial charge in [-0.3, -0.25) is 4.79 Å². The minimum absolute atomic E-state index is 0.349. The highest BCUT2D eigenvalue weighted by Gasteiger charge is 2.14. The maximum Gasteiger partial charge on any atom is 0.349 e. The van der Waals surface area contributed by atoms with Gasteiger partial charge in [0.05, 0.1) is 21.6 Å². The van der Waals surface area contributed by atoms with Crippen LogP contribution >= 0.6 is 15.9 Å². The van der Waals surface area contributed by atoms with E-state index in [2.05, 4.69) is 26.0 Å². The molecule has 9 heteroatoms. The average Bonchev–Trinajstić information content (AvgIpc) is 2.63. The van der Waals surface area contributed by atoms with Crippen LogP contribution in [0.5, 0.6) is 5.75 Å². The molecule has 8 nitrogen and oxygen atoms in total. The van der Waals surface area contributed by atoms with Gasteiger partial charge in [0.25, 0.3) is 5.56 Å². The molecule has 1 aromatic heterocycles. The van der Waals surface area contributed by atoms with E-state index in [1.54, 1.807) is 42.5 Å². The number of H-pyrrole nitrogens is 1. The van der Waals surface area contributed by atoms with E-state index in [1.807, 2.05) is 0 Å². The number of hydrogen-bond acceptors (Lipinski definition) is 5. The summed E-state index contributed by atoms with van der Waals surface area (Å²) in [7, 11) is 0. The largest absolute Gasteiger partial charge is 0.479 e. The molecule has 1 unspecified atom stereocenters. The van der Waals surface area contributed by atoms with Gasteiger partial charge in [0.15, 0.2) is 6.10 Å². The van der Waals surface area contributed by atoms with Gasteiger partial charge in [0, 0.05) is 0 Å². The number of aliphatic carboxylic acids is 1. The Labute approximate surface area is 160 Å². The molecule has 1 atom stereocenters. The molecular formula is C18H14BrN3O5. The number of aromatic amines is 1. The average molecular weight is 432 g/mol. The summed E-state index contributed by atoms with van der Waals surface area (Å²) in [5.74, 6) is -0.731. The van der Waals surface area contributed by atoms with Gasteiger partial charge in [0.2, 0.25) is 0 Å². The lowest BCUT2D eigenvalue weighted by Crippen LogP contribution is -2.32. The van der Waals surface area contributed by atoms with E-state index in [-0.39, 0.29) is 0 Å². The van der Waals surface area contributed by atoms with Crippen molar-refractivity contribution in [2.45, 2.75) is 13.0 Å². The monoisotopic (exact) mass is 431 g/mol. The number of ether oxygens (including phenoxy) is 1. The van der Waals surface area contributed by atoms with E-state index in [9.17, 15) is 14.4 Å². The van der Waals surface area contributed by atoms with Crippen LogP contribution in [0.3, 0.4) is 0 Å². The first-order chi connectivity index (χ1) is 12.9. The van der Waals surface area contributed by atoms with Crippen molar-refractivity contribution in [3.05, 3.63) is 73.3 Å². The van der Waals surface area contributed by atoms with E-state index >= 15 is 0 Å². The zero-order chi connectivity index (χ0) is 19.6. The van der Waals surface area contributed by atoms with Gasteiger partial charge in [-0.25, -0.2) is 9.59 Å². The molecule has 0 amide bonds. The number of carboxylic acid groups (broad SMARTS) is 1. The fraction of sp³-hybridized carbons (Fsp3) is 0.111. The molecule has 0 saturated carbocycles. The third-order valence-electron chi connectivity index (χ3n) is 3.71. The number of aromatic nitrogens is 2. The van der Waals surface area contributed by atoms with Crippen molar-refractivity contribution in [2.24, 2.45) is 5.10 Å². The van der Waals surface area contributed by atoms with E-state index in [0.29, 0.717) is 26.7 Å². The molecule has 0 radical (unpaired) electrons. The van der Waals surface area contributed by atoms with Gasteiger partial charge in [-0.05, 0) is 58.7 Å². The Morgan fingerprint density at radius 1 is 1.30 bits per heavy atom. The molecule has 3 rings (SSSR count). The molecule has 0 saturated heterocycles. The van der Waals surface area contributed by atoms with Gasteiger partial charge in [0.1, 0.15) is 5.75 Å². The molecule has 0 bridgehead atoms. The summed E-state index contributed by atoms with van der Waals surface area (Å²) >= 11 is 3.30. The summed E-state index contributed by atoms with van der Waals surface area (Å²) in [4.78, 5) is 38.0. The number of rotatable bonds is 5. The lowest BCUT2D eigenvalue weighted by molar-refractivity contribution is -0.144. The van der Waals surface area contributed by atoms with Crippen molar-refractivity contribution in [3.8, 4) is 5.75 Å². The van der Waals surface area contributed by atoms with E-state index in [1.165, 1.54) is 13.1 Å². The third-order valence-corrected chi connectivity index (χ3v) is 4.33. The first-order valence-electron chi connectivity index (χ1n) is 7.84. The maximum atomic E-state index is 12.4. The zero-order valence-corrected chi connectivity index (χ0v) is 15.6. The molecule has 27 heavy (non-hydrogen) atoms. The SMILES string of the molecule is CC(Oc1ccc(C=Nn2c(=O)[nH]c3ccccc3c2=O)cc1Br)C(=O)O. The lowest BCUT2D eigenvalue weighted by atomic mass is 10.2. The number of carboxylic acids is 1. The second-order valence-corrected chi connectivity index (χ2v) is 6.48. The first kappa shape index (κ1) is 18.6. The minimum atomic E-state index is -1.08. The van der Waals surface area contributed by atoms with Crippen LogP contribution in [0.2, 0.25) is 0 Å². The van der Waals surface area contributed by atoms with Crippen molar-refractivity contribution in [1.29, 1.82) is 0 Å². The summed E-state index contributed by atoms with van der Waals surface area (Å²) in [6.07, 6.45) is 0.344. The van der Waals surface area contributed by atoms with Gasteiger partial charge < -0.3 is 14.8 Å². The topological polar surface area (TPSA) is 114 Å². The fourth-order valence-corrected chi connectivity index (χ4v) is 2.81. The van der Waals surface area contributed by atoms with Crippen molar-refractivity contribution in [3.63, 3.8) is 0 Å². The molecule has 138 valence electrons. The number of para-hydroxylation sites is 1. The highest BCUT2D eigenvalue weighted by atomic mass is 79.9. The standard InChI is InChI=1S/C18H14BrN3O5/c1-10(17(24)25)27-15-7-6-11(8-13(15)19)9-20-22-16(23)12-4-2-3-5-14(12)21-18(22)26/h2-10H,1H3,(H,21,26)(H,24,25). The van der Waals surface area contributed by atoms with Crippen LogP contribution in [-0.2, 0) is 4.79 Å². The molecule has 3 aromatic rings. The Kier molecular flexibility index (Phi) is 5.22. The van der Waals surface area contributed by atoms with Gasteiger partial charge in [-0.2, -0.15) is 5.10 Å². The van der Waals surface area contributed by atoms with Crippen molar-refractivity contribution < 1.29 is 14.6 Å². The summed E-state index contributed by atoms with van der Waals surface area (Å²) in [6, 6.07) is 11.5. The Morgan fingerprint density at radius 2 is 2.04 bits per heavy atom. The van der Waals surface area contributed by atoms with Crippen molar-refractivity contribution >= 4 is 39.0 Å². The Hall–Kier alpha value is -3.20. The van der Waals surface area contributed by atoms with E-state index in [0.717, 1.165) is 4.68 Å². The number of benzene rings is 2. The van der Waals surface area contributed by atoms with Crippen molar-refractivity contribution in [1.82, 2.24) is 9.66 Å². The molecule has 0 fully saturated rings. The van der Waals surface area contributed by atoms with Gasteiger partial charge in [-0.1, -0.05) is 12.1 Å². The number of hydrogen-bond donors (Lipinski definition) is 2.